The Morgan fingerprint density at radius 1 is 0.842 bits per heavy atom. The first-order valence-electron chi connectivity index (χ1n) is 11.5. The van der Waals surface area contributed by atoms with Gasteiger partial charge in [0.1, 0.15) is 17.6 Å². The average Bonchev–Trinajstić information content (AvgIpc) is 3.42. The van der Waals surface area contributed by atoms with Crippen LogP contribution in [0.2, 0.25) is 0 Å². The average molecular weight is 532 g/mol. The monoisotopic (exact) mass is 531 g/mol. The van der Waals surface area contributed by atoms with Crippen molar-refractivity contribution in [3.63, 3.8) is 0 Å². The topological polar surface area (TPSA) is 144 Å². The fraction of sp³-hybridized carbons (Fsp3) is 0.111. The number of carbonyl (C=O) groups is 4. The summed E-state index contributed by atoms with van der Waals surface area (Å²) in [5, 5.41) is 5.32. The molecule has 11 heteroatoms. The highest BCUT2D eigenvalue weighted by Crippen LogP contribution is 2.23. The van der Waals surface area contributed by atoms with Crippen LogP contribution in [0.5, 0.6) is 0 Å². The molecular formula is C27H22FN5O4S. The zero-order chi connectivity index (χ0) is 27.1. The standard InChI is InChI=1S/C27H22FN5O4S/c28-20-12-10-19(11-13-20)26(36)30-15-17-6-8-18(9-7-17)22-23(33-38-32-22)27(37)31-21(24(34)25(29)35)14-16-4-2-1-3-5-16/h1-13,21H,14-15H2,(H2,29,35)(H,30,36)(H,31,37). The zero-order valence-electron chi connectivity index (χ0n) is 19.9. The molecule has 0 saturated heterocycles. The van der Waals surface area contributed by atoms with Gasteiger partial charge in [0, 0.05) is 24.1 Å². The van der Waals surface area contributed by atoms with Crippen LogP contribution >= 0.6 is 11.7 Å². The van der Waals surface area contributed by atoms with Crippen molar-refractivity contribution in [2.24, 2.45) is 5.73 Å². The van der Waals surface area contributed by atoms with E-state index in [1.165, 1.54) is 24.3 Å². The molecule has 9 nitrogen and oxygen atoms in total. The predicted molar refractivity (Wildman–Crippen MR) is 139 cm³/mol. The molecule has 0 fully saturated rings. The van der Waals surface area contributed by atoms with Crippen LogP contribution in [0.4, 0.5) is 4.39 Å². The summed E-state index contributed by atoms with van der Waals surface area (Å²) in [5.41, 5.74) is 7.97. The Bertz CT molecular complexity index is 1460. The number of amides is 3. The first-order valence-corrected chi connectivity index (χ1v) is 12.2. The fourth-order valence-corrected chi connectivity index (χ4v) is 4.22. The van der Waals surface area contributed by atoms with Gasteiger partial charge in [-0.2, -0.15) is 8.75 Å². The minimum absolute atomic E-state index is 0.00250. The summed E-state index contributed by atoms with van der Waals surface area (Å²) in [6, 6.07) is 20.0. The minimum Gasteiger partial charge on any atom is -0.363 e. The number of ketones is 1. The van der Waals surface area contributed by atoms with E-state index in [1.807, 2.05) is 6.07 Å². The number of nitrogens with zero attached hydrogens (tertiary/aromatic N) is 2. The lowest BCUT2D eigenvalue weighted by atomic mass is 10.0. The number of hydrogen-bond donors (Lipinski definition) is 3. The lowest BCUT2D eigenvalue weighted by Crippen LogP contribution is -2.47. The van der Waals surface area contributed by atoms with Crippen LogP contribution in [0, 0.1) is 5.82 Å². The summed E-state index contributed by atoms with van der Waals surface area (Å²) < 4.78 is 21.4. The largest absolute Gasteiger partial charge is 0.363 e. The minimum atomic E-state index is -1.16. The maximum absolute atomic E-state index is 13.1. The highest BCUT2D eigenvalue weighted by molar-refractivity contribution is 6.99. The molecule has 0 aliphatic heterocycles. The summed E-state index contributed by atoms with van der Waals surface area (Å²) >= 11 is 0.831. The molecule has 1 atom stereocenters. The van der Waals surface area contributed by atoms with Gasteiger partial charge in [-0.1, -0.05) is 54.6 Å². The first kappa shape index (κ1) is 26.3. The van der Waals surface area contributed by atoms with Crippen LogP contribution in [0.1, 0.15) is 32.0 Å². The Hall–Kier alpha value is -4.77. The molecule has 0 saturated carbocycles. The van der Waals surface area contributed by atoms with E-state index in [-0.39, 0.29) is 24.6 Å². The van der Waals surface area contributed by atoms with Crippen LogP contribution in [0.3, 0.4) is 0 Å². The molecule has 0 radical (unpaired) electrons. The van der Waals surface area contributed by atoms with Gasteiger partial charge >= 0.3 is 0 Å². The molecule has 38 heavy (non-hydrogen) atoms. The molecule has 3 amide bonds. The van der Waals surface area contributed by atoms with Crippen LogP contribution < -0.4 is 16.4 Å². The maximum Gasteiger partial charge on any atom is 0.287 e. The third-order valence-corrected chi connectivity index (χ3v) is 6.17. The van der Waals surface area contributed by atoms with E-state index in [0.29, 0.717) is 16.8 Å². The van der Waals surface area contributed by atoms with Gasteiger partial charge in [-0.3, -0.25) is 19.2 Å². The Balaban J connectivity index is 1.44. The van der Waals surface area contributed by atoms with E-state index in [0.717, 1.165) is 22.9 Å². The van der Waals surface area contributed by atoms with Crippen molar-refractivity contribution in [2.45, 2.75) is 19.0 Å². The van der Waals surface area contributed by atoms with E-state index in [2.05, 4.69) is 19.4 Å². The number of rotatable bonds is 10. The summed E-state index contributed by atoms with van der Waals surface area (Å²) in [6.45, 7) is 0.232. The van der Waals surface area contributed by atoms with E-state index in [9.17, 15) is 23.6 Å². The summed E-state index contributed by atoms with van der Waals surface area (Å²) in [6.07, 6.45) is 0.0829. The van der Waals surface area contributed by atoms with Crippen molar-refractivity contribution in [3.8, 4) is 11.3 Å². The molecule has 0 aliphatic rings. The highest BCUT2D eigenvalue weighted by Gasteiger charge is 2.28. The number of primary amides is 1. The van der Waals surface area contributed by atoms with Gasteiger partial charge in [-0.15, -0.1) is 0 Å². The smallest absolute Gasteiger partial charge is 0.287 e. The van der Waals surface area contributed by atoms with Gasteiger partial charge in [-0.05, 0) is 35.4 Å². The highest BCUT2D eigenvalue weighted by atomic mass is 32.1. The summed E-state index contributed by atoms with van der Waals surface area (Å²) in [7, 11) is 0. The molecule has 3 aromatic carbocycles. The number of carbonyl (C=O) groups excluding carboxylic acids is 4. The van der Waals surface area contributed by atoms with Crippen molar-refractivity contribution < 1.29 is 23.6 Å². The Kier molecular flexibility index (Phi) is 8.29. The molecular weight excluding hydrogens is 509 g/mol. The molecule has 0 bridgehead atoms. The quantitative estimate of drug-likeness (QED) is 0.269. The van der Waals surface area contributed by atoms with Crippen LogP contribution in [-0.2, 0) is 22.6 Å². The fourth-order valence-electron chi connectivity index (χ4n) is 3.65. The van der Waals surface area contributed by atoms with Gasteiger partial charge in [-0.25, -0.2) is 4.39 Å². The molecule has 4 N–H and O–H groups in total. The normalized spacial score (nSPS) is 11.4. The molecule has 4 rings (SSSR count). The van der Waals surface area contributed by atoms with E-state index in [4.69, 9.17) is 5.73 Å². The van der Waals surface area contributed by atoms with Gasteiger partial charge < -0.3 is 16.4 Å². The van der Waals surface area contributed by atoms with Crippen LogP contribution in [0.25, 0.3) is 11.3 Å². The van der Waals surface area contributed by atoms with Crippen LogP contribution in [0.15, 0.2) is 78.9 Å². The Morgan fingerprint density at radius 2 is 1.53 bits per heavy atom. The van der Waals surface area contributed by atoms with Crippen molar-refractivity contribution >= 4 is 35.2 Å². The number of nitrogens with two attached hydrogens (primary N) is 1. The van der Waals surface area contributed by atoms with Crippen LogP contribution in [-0.4, -0.2) is 38.3 Å². The molecule has 4 aromatic rings. The van der Waals surface area contributed by atoms with Crippen molar-refractivity contribution in [2.75, 3.05) is 0 Å². The first-order chi connectivity index (χ1) is 18.3. The lowest BCUT2D eigenvalue weighted by molar-refractivity contribution is -0.137. The second-order valence-electron chi connectivity index (χ2n) is 8.29. The number of hydrogen-bond acceptors (Lipinski definition) is 7. The van der Waals surface area contributed by atoms with Crippen molar-refractivity contribution in [3.05, 3.63) is 107 Å². The third kappa shape index (κ3) is 6.51. The molecule has 1 heterocycles. The van der Waals surface area contributed by atoms with E-state index in [1.54, 1.807) is 48.5 Å². The molecule has 1 aromatic heterocycles. The van der Waals surface area contributed by atoms with Gasteiger partial charge in [0.05, 0.1) is 11.7 Å². The zero-order valence-corrected chi connectivity index (χ0v) is 20.7. The van der Waals surface area contributed by atoms with E-state index < -0.39 is 29.5 Å². The Morgan fingerprint density at radius 3 is 2.18 bits per heavy atom. The second kappa shape index (κ2) is 12.0. The van der Waals surface area contributed by atoms with Gasteiger partial charge in [0.25, 0.3) is 17.7 Å². The number of nitrogens with one attached hydrogen (secondary N) is 2. The predicted octanol–water partition coefficient (Wildman–Crippen LogP) is 2.67. The van der Waals surface area contributed by atoms with Crippen molar-refractivity contribution in [1.29, 1.82) is 0 Å². The van der Waals surface area contributed by atoms with Gasteiger partial charge in [0.2, 0.25) is 5.78 Å². The SMILES string of the molecule is NC(=O)C(=O)C(Cc1ccccc1)NC(=O)c1nsnc1-c1ccc(CNC(=O)c2ccc(F)cc2)cc1. The molecule has 0 aliphatic carbocycles. The van der Waals surface area contributed by atoms with Crippen molar-refractivity contribution in [1.82, 2.24) is 19.4 Å². The lowest BCUT2D eigenvalue weighted by Gasteiger charge is -2.16. The number of aromatic nitrogens is 2. The molecule has 192 valence electrons. The third-order valence-electron chi connectivity index (χ3n) is 5.64. The Labute approximate surface area is 221 Å². The van der Waals surface area contributed by atoms with Gasteiger partial charge in [0.15, 0.2) is 5.69 Å². The van der Waals surface area contributed by atoms with E-state index >= 15 is 0 Å². The number of benzene rings is 3. The number of Topliss-reactive ketones (excluding diaryl/α,β-unsaturated/α-hetero) is 1. The number of halogens is 1. The second-order valence-corrected chi connectivity index (χ2v) is 8.82. The molecule has 0 spiro atoms. The summed E-state index contributed by atoms with van der Waals surface area (Å²) in [4.78, 5) is 49.2. The maximum atomic E-state index is 13.1. The molecule has 1 unspecified atom stereocenters. The summed E-state index contributed by atoms with van der Waals surface area (Å²) in [5.74, 6) is -3.50.